The molecule has 0 radical (unpaired) electrons. The molecule has 0 saturated carbocycles. The fraction of sp³-hybridized carbons (Fsp3) is 0.429. The van der Waals surface area contributed by atoms with Crippen LogP contribution in [0.4, 0.5) is 5.00 Å². The van der Waals surface area contributed by atoms with Crippen LogP contribution in [0.1, 0.15) is 64.3 Å². The molecular weight excluding hydrogens is 362 g/mol. The average Bonchev–Trinajstić information content (AvgIpc) is 3.23. The van der Waals surface area contributed by atoms with Crippen LogP contribution >= 0.6 is 11.3 Å². The summed E-state index contributed by atoms with van der Waals surface area (Å²) in [5.41, 5.74) is 2.09. The molecule has 0 bridgehead atoms. The maximum atomic E-state index is 12.6. The summed E-state index contributed by atoms with van der Waals surface area (Å²) in [6.45, 7) is 4.89. The zero-order valence-electron chi connectivity index (χ0n) is 15.8. The molecule has 1 heterocycles. The smallest absolute Gasteiger partial charge is 0.341 e. The molecular formula is C21H25NO4S. The van der Waals surface area contributed by atoms with Crippen LogP contribution < -0.4 is 10.1 Å². The number of hydrogen-bond acceptors (Lipinski definition) is 5. The van der Waals surface area contributed by atoms with Crippen LogP contribution in [0.15, 0.2) is 24.3 Å². The predicted molar refractivity (Wildman–Crippen MR) is 107 cm³/mol. The Kier molecular flexibility index (Phi) is 6.50. The maximum Gasteiger partial charge on any atom is 0.341 e. The van der Waals surface area contributed by atoms with Crippen LogP contribution in [0.3, 0.4) is 0 Å². The van der Waals surface area contributed by atoms with Gasteiger partial charge in [0.25, 0.3) is 5.91 Å². The fourth-order valence-electron chi connectivity index (χ4n) is 3.12. The Hall–Kier alpha value is -2.34. The number of rotatable bonds is 8. The van der Waals surface area contributed by atoms with Crippen LogP contribution in [0.2, 0.25) is 0 Å². The standard InChI is InChI=1S/C21H25NO4S/c1-3-5-13-26-15-11-9-14(10-12-15)19(23)22-20-18(21(24)25-4-2)16-7-6-8-17(16)27-20/h9-12H,3-8,13H2,1-2H3,(H,22,23). The van der Waals surface area contributed by atoms with Crippen LogP contribution in [0.5, 0.6) is 5.75 Å². The minimum Gasteiger partial charge on any atom is -0.494 e. The first kappa shape index (κ1) is 19.4. The molecule has 1 aliphatic rings. The molecule has 1 aliphatic carbocycles. The molecule has 6 heteroatoms. The first-order valence-corrected chi connectivity index (χ1v) is 10.3. The quantitative estimate of drug-likeness (QED) is 0.520. The largest absolute Gasteiger partial charge is 0.494 e. The summed E-state index contributed by atoms with van der Waals surface area (Å²) in [5.74, 6) is 0.162. The molecule has 1 N–H and O–H groups in total. The third-order valence-electron chi connectivity index (χ3n) is 4.51. The van der Waals surface area contributed by atoms with Gasteiger partial charge in [0, 0.05) is 10.4 Å². The number of hydrogen-bond donors (Lipinski definition) is 1. The first-order valence-electron chi connectivity index (χ1n) is 9.49. The van der Waals surface area contributed by atoms with E-state index in [1.165, 1.54) is 16.2 Å². The number of benzene rings is 1. The second-order valence-corrected chi connectivity index (χ2v) is 7.57. The number of amides is 1. The number of anilines is 1. The Bertz CT molecular complexity index is 810. The molecule has 0 fully saturated rings. The van der Waals surface area contributed by atoms with Crippen LogP contribution in [-0.4, -0.2) is 25.1 Å². The van der Waals surface area contributed by atoms with Gasteiger partial charge in [0.2, 0.25) is 0 Å². The lowest BCUT2D eigenvalue weighted by Crippen LogP contribution is -2.15. The van der Waals surface area contributed by atoms with E-state index in [1.807, 2.05) is 0 Å². The van der Waals surface area contributed by atoms with Gasteiger partial charge in [0.05, 0.1) is 18.8 Å². The van der Waals surface area contributed by atoms with E-state index in [9.17, 15) is 9.59 Å². The monoisotopic (exact) mass is 387 g/mol. The molecule has 0 saturated heterocycles. The molecule has 1 aromatic heterocycles. The van der Waals surface area contributed by atoms with Crippen molar-refractivity contribution in [1.82, 2.24) is 0 Å². The summed E-state index contributed by atoms with van der Waals surface area (Å²) in [5, 5.41) is 3.49. The number of esters is 1. The Balaban J connectivity index is 1.73. The van der Waals surface area contributed by atoms with Crippen molar-refractivity contribution in [2.24, 2.45) is 0 Å². The lowest BCUT2D eigenvalue weighted by molar-refractivity contribution is 0.0527. The minimum atomic E-state index is -0.355. The van der Waals surface area contributed by atoms with Gasteiger partial charge in [-0.15, -0.1) is 11.3 Å². The summed E-state index contributed by atoms with van der Waals surface area (Å²) in [6, 6.07) is 7.07. The summed E-state index contributed by atoms with van der Waals surface area (Å²) >= 11 is 1.49. The van der Waals surface area contributed by atoms with Gasteiger partial charge in [-0.3, -0.25) is 4.79 Å². The molecule has 144 valence electrons. The Labute approximate surface area is 163 Å². The van der Waals surface area contributed by atoms with Crippen molar-refractivity contribution in [2.45, 2.75) is 46.0 Å². The number of unbranched alkanes of at least 4 members (excludes halogenated alkanes) is 1. The fourth-order valence-corrected chi connectivity index (χ4v) is 4.40. The summed E-state index contributed by atoms with van der Waals surface area (Å²) < 4.78 is 10.8. The summed E-state index contributed by atoms with van der Waals surface area (Å²) in [7, 11) is 0. The number of nitrogens with one attached hydrogen (secondary N) is 1. The molecule has 0 spiro atoms. The SMILES string of the molecule is CCCCOc1ccc(C(=O)Nc2sc3c(c2C(=O)OCC)CCC3)cc1. The zero-order chi connectivity index (χ0) is 19.2. The van der Waals surface area contributed by atoms with Crippen molar-refractivity contribution < 1.29 is 19.1 Å². The van der Waals surface area contributed by atoms with Gasteiger partial charge in [-0.05, 0) is 62.4 Å². The highest BCUT2D eigenvalue weighted by molar-refractivity contribution is 7.17. The number of thiophene rings is 1. The highest BCUT2D eigenvalue weighted by atomic mass is 32.1. The van der Waals surface area contributed by atoms with E-state index in [4.69, 9.17) is 9.47 Å². The van der Waals surface area contributed by atoms with Gasteiger partial charge in [0.15, 0.2) is 0 Å². The van der Waals surface area contributed by atoms with Gasteiger partial charge < -0.3 is 14.8 Å². The lowest BCUT2D eigenvalue weighted by atomic mass is 10.1. The van der Waals surface area contributed by atoms with Gasteiger partial charge in [-0.1, -0.05) is 13.3 Å². The van der Waals surface area contributed by atoms with Crippen LogP contribution in [0.25, 0.3) is 0 Å². The predicted octanol–water partition coefficient (Wildman–Crippen LogP) is 4.84. The van der Waals surface area contributed by atoms with Crippen LogP contribution in [-0.2, 0) is 17.6 Å². The maximum absolute atomic E-state index is 12.6. The number of carbonyl (C=O) groups excluding carboxylic acids is 2. The van der Waals surface area contributed by atoms with Gasteiger partial charge in [-0.2, -0.15) is 0 Å². The molecule has 27 heavy (non-hydrogen) atoms. The van der Waals surface area contributed by atoms with Gasteiger partial charge >= 0.3 is 5.97 Å². The van der Waals surface area contributed by atoms with Crippen molar-refractivity contribution in [3.63, 3.8) is 0 Å². The Morgan fingerprint density at radius 1 is 1.15 bits per heavy atom. The Morgan fingerprint density at radius 2 is 1.93 bits per heavy atom. The first-order chi connectivity index (χ1) is 13.1. The van der Waals surface area contributed by atoms with E-state index in [2.05, 4.69) is 12.2 Å². The highest BCUT2D eigenvalue weighted by Crippen LogP contribution is 2.39. The Morgan fingerprint density at radius 3 is 2.63 bits per heavy atom. The van der Waals surface area contributed by atoms with E-state index < -0.39 is 0 Å². The molecule has 3 rings (SSSR count). The molecule has 0 atom stereocenters. The lowest BCUT2D eigenvalue weighted by Gasteiger charge is -2.09. The third kappa shape index (κ3) is 4.50. The van der Waals surface area contributed by atoms with Gasteiger partial charge in [-0.25, -0.2) is 4.79 Å². The second-order valence-electron chi connectivity index (χ2n) is 6.46. The molecule has 1 amide bonds. The van der Waals surface area contributed by atoms with E-state index in [0.717, 1.165) is 43.4 Å². The third-order valence-corrected chi connectivity index (χ3v) is 5.72. The van der Waals surface area contributed by atoms with E-state index in [-0.39, 0.29) is 11.9 Å². The van der Waals surface area contributed by atoms with Crippen molar-refractivity contribution >= 4 is 28.2 Å². The molecule has 0 aliphatic heterocycles. The van der Waals surface area contributed by atoms with E-state index in [1.54, 1.807) is 31.2 Å². The molecule has 0 unspecified atom stereocenters. The summed E-state index contributed by atoms with van der Waals surface area (Å²) in [6.07, 6.45) is 4.93. The zero-order valence-corrected chi connectivity index (χ0v) is 16.6. The number of carbonyl (C=O) groups is 2. The van der Waals surface area contributed by atoms with Crippen molar-refractivity contribution in [3.05, 3.63) is 45.8 Å². The van der Waals surface area contributed by atoms with Crippen molar-refractivity contribution in [2.75, 3.05) is 18.5 Å². The molecule has 1 aromatic carbocycles. The van der Waals surface area contributed by atoms with Crippen molar-refractivity contribution in [3.8, 4) is 5.75 Å². The number of fused-ring (bicyclic) bond motifs is 1. The number of aryl methyl sites for hydroxylation is 1. The minimum absolute atomic E-state index is 0.236. The average molecular weight is 388 g/mol. The van der Waals surface area contributed by atoms with Gasteiger partial charge in [0.1, 0.15) is 10.8 Å². The highest BCUT2D eigenvalue weighted by Gasteiger charge is 2.28. The molecule has 5 nitrogen and oxygen atoms in total. The normalized spacial score (nSPS) is 12.5. The second kappa shape index (κ2) is 9.04. The van der Waals surface area contributed by atoms with Crippen molar-refractivity contribution in [1.29, 1.82) is 0 Å². The number of ether oxygens (including phenoxy) is 2. The van der Waals surface area contributed by atoms with Crippen LogP contribution in [0, 0.1) is 0 Å². The van der Waals surface area contributed by atoms with E-state index >= 15 is 0 Å². The van der Waals surface area contributed by atoms with E-state index in [0.29, 0.717) is 29.3 Å². The topological polar surface area (TPSA) is 64.6 Å². The molecule has 2 aromatic rings. The summed E-state index contributed by atoms with van der Waals surface area (Å²) in [4.78, 5) is 26.2.